The van der Waals surface area contributed by atoms with Crippen LogP contribution in [0, 0.1) is 0 Å². The minimum absolute atomic E-state index is 0. The summed E-state index contributed by atoms with van der Waals surface area (Å²) in [6.45, 7) is 4.98. The van der Waals surface area contributed by atoms with Gasteiger partial charge >= 0.3 is 0 Å². The first kappa shape index (κ1) is 16.2. The maximum atomic E-state index is 4.42. The summed E-state index contributed by atoms with van der Waals surface area (Å²) in [7, 11) is 4.00. The molecule has 0 aromatic heterocycles. The topological polar surface area (TPSA) is 27.6 Å². The average Bonchev–Trinajstić information content (AvgIpc) is 2.29. The Hall–Kier alpha value is -0.780. The van der Waals surface area contributed by atoms with E-state index in [1.54, 1.807) is 0 Å². The zero-order chi connectivity index (χ0) is 12.0. The Balaban J connectivity index is 0.00000256. The summed E-state index contributed by atoms with van der Waals surface area (Å²) in [5.74, 6) is 0.929. The SMILES string of the molecule is CCN=C(NC(C)c1ccccc1)N(C)C.I. The van der Waals surface area contributed by atoms with E-state index in [1.165, 1.54) is 5.56 Å². The number of rotatable bonds is 3. The van der Waals surface area contributed by atoms with Crippen LogP contribution in [0.15, 0.2) is 35.3 Å². The summed E-state index contributed by atoms with van der Waals surface area (Å²) in [6, 6.07) is 10.7. The van der Waals surface area contributed by atoms with Gasteiger partial charge in [0.25, 0.3) is 0 Å². The van der Waals surface area contributed by atoms with E-state index in [0.717, 1.165) is 12.5 Å². The van der Waals surface area contributed by atoms with Crippen molar-refractivity contribution >= 4 is 29.9 Å². The molecule has 0 heterocycles. The first-order chi connectivity index (χ1) is 7.65. The zero-order valence-corrected chi connectivity index (χ0v) is 13.3. The van der Waals surface area contributed by atoms with Crippen molar-refractivity contribution < 1.29 is 0 Å². The van der Waals surface area contributed by atoms with Crippen molar-refractivity contribution in [3.05, 3.63) is 35.9 Å². The van der Waals surface area contributed by atoms with Gasteiger partial charge in [0.1, 0.15) is 0 Å². The van der Waals surface area contributed by atoms with Gasteiger partial charge in [-0.15, -0.1) is 24.0 Å². The normalized spacial score (nSPS) is 12.6. The fourth-order valence-electron chi connectivity index (χ4n) is 1.48. The Bertz CT molecular complexity index is 336. The van der Waals surface area contributed by atoms with Gasteiger partial charge < -0.3 is 10.2 Å². The Kier molecular flexibility index (Phi) is 7.95. The van der Waals surface area contributed by atoms with Crippen LogP contribution < -0.4 is 5.32 Å². The summed E-state index contributed by atoms with van der Waals surface area (Å²) < 4.78 is 0. The lowest BCUT2D eigenvalue weighted by atomic mass is 10.1. The molecule has 0 aliphatic heterocycles. The van der Waals surface area contributed by atoms with Crippen molar-refractivity contribution in [3.8, 4) is 0 Å². The van der Waals surface area contributed by atoms with Crippen LogP contribution in [0.4, 0.5) is 0 Å². The lowest BCUT2D eigenvalue weighted by molar-refractivity contribution is 0.555. The minimum Gasteiger partial charge on any atom is -0.350 e. The van der Waals surface area contributed by atoms with E-state index in [9.17, 15) is 0 Å². The van der Waals surface area contributed by atoms with Gasteiger partial charge in [-0.1, -0.05) is 30.3 Å². The fourth-order valence-corrected chi connectivity index (χ4v) is 1.48. The highest BCUT2D eigenvalue weighted by atomic mass is 127. The van der Waals surface area contributed by atoms with Crippen LogP contribution in [0.2, 0.25) is 0 Å². The predicted octanol–water partition coefficient (Wildman–Crippen LogP) is 2.89. The summed E-state index contributed by atoms with van der Waals surface area (Å²) >= 11 is 0. The highest BCUT2D eigenvalue weighted by Gasteiger charge is 2.08. The second-order valence-electron chi connectivity index (χ2n) is 3.97. The maximum absolute atomic E-state index is 4.42. The molecule has 96 valence electrons. The Morgan fingerprint density at radius 1 is 1.29 bits per heavy atom. The molecule has 0 bridgehead atoms. The highest BCUT2D eigenvalue weighted by Crippen LogP contribution is 2.11. The largest absolute Gasteiger partial charge is 0.350 e. The van der Waals surface area contributed by atoms with Crippen molar-refractivity contribution in [3.63, 3.8) is 0 Å². The molecule has 17 heavy (non-hydrogen) atoms. The molecule has 1 aromatic rings. The number of nitrogens with one attached hydrogen (secondary N) is 1. The number of hydrogen-bond donors (Lipinski definition) is 1. The summed E-state index contributed by atoms with van der Waals surface area (Å²) in [5.41, 5.74) is 1.27. The monoisotopic (exact) mass is 347 g/mol. The molecule has 1 unspecified atom stereocenters. The Morgan fingerprint density at radius 3 is 2.35 bits per heavy atom. The first-order valence-electron chi connectivity index (χ1n) is 5.68. The van der Waals surface area contributed by atoms with Crippen LogP contribution >= 0.6 is 24.0 Å². The molecule has 1 rings (SSSR count). The Labute approximate surface area is 121 Å². The van der Waals surface area contributed by atoms with Crippen LogP contribution in [0.25, 0.3) is 0 Å². The van der Waals surface area contributed by atoms with Crippen molar-refractivity contribution in [2.45, 2.75) is 19.9 Å². The van der Waals surface area contributed by atoms with E-state index >= 15 is 0 Å². The molecule has 4 heteroatoms. The van der Waals surface area contributed by atoms with Gasteiger partial charge in [-0.05, 0) is 19.4 Å². The molecule has 0 amide bonds. The summed E-state index contributed by atoms with van der Waals surface area (Å²) in [5, 5.41) is 3.41. The third-order valence-corrected chi connectivity index (χ3v) is 2.38. The van der Waals surface area contributed by atoms with Crippen molar-refractivity contribution in [1.29, 1.82) is 0 Å². The minimum atomic E-state index is 0. The second-order valence-corrected chi connectivity index (χ2v) is 3.97. The number of halogens is 1. The van der Waals surface area contributed by atoms with Gasteiger partial charge in [0, 0.05) is 20.6 Å². The van der Waals surface area contributed by atoms with E-state index in [1.807, 2.05) is 32.0 Å². The van der Waals surface area contributed by atoms with E-state index in [2.05, 4.69) is 41.5 Å². The molecule has 0 aliphatic carbocycles. The zero-order valence-electron chi connectivity index (χ0n) is 11.0. The van der Waals surface area contributed by atoms with E-state index in [0.29, 0.717) is 0 Å². The molecule has 1 aromatic carbocycles. The number of aliphatic imine (C=N–C) groups is 1. The molecular formula is C13H22IN3. The number of guanidine groups is 1. The van der Waals surface area contributed by atoms with Crippen LogP contribution in [-0.2, 0) is 0 Å². The lowest BCUT2D eigenvalue weighted by Gasteiger charge is -2.22. The number of nitrogens with zero attached hydrogens (tertiary/aromatic N) is 2. The molecule has 1 atom stereocenters. The van der Waals surface area contributed by atoms with Gasteiger partial charge in [-0.2, -0.15) is 0 Å². The van der Waals surface area contributed by atoms with Crippen LogP contribution in [-0.4, -0.2) is 31.5 Å². The standard InChI is InChI=1S/C13H21N3.HI/c1-5-14-13(16(3)4)15-11(2)12-9-7-6-8-10-12;/h6-11H,5H2,1-4H3,(H,14,15);1H. The van der Waals surface area contributed by atoms with E-state index in [-0.39, 0.29) is 30.0 Å². The second kappa shape index (κ2) is 8.33. The van der Waals surface area contributed by atoms with Gasteiger partial charge in [-0.3, -0.25) is 4.99 Å². The smallest absolute Gasteiger partial charge is 0.193 e. The molecule has 0 saturated heterocycles. The summed E-state index contributed by atoms with van der Waals surface area (Å²) in [6.07, 6.45) is 0. The number of benzene rings is 1. The third kappa shape index (κ3) is 5.39. The van der Waals surface area contributed by atoms with Gasteiger partial charge in [-0.25, -0.2) is 0 Å². The number of hydrogen-bond acceptors (Lipinski definition) is 1. The fraction of sp³-hybridized carbons (Fsp3) is 0.462. The summed E-state index contributed by atoms with van der Waals surface area (Å²) in [4.78, 5) is 6.42. The van der Waals surface area contributed by atoms with Crippen LogP contribution in [0.5, 0.6) is 0 Å². The molecule has 0 radical (unpaired) electrons. The van der Waals surface area contributed by atoms with E-state index in [4.69, 9.17) is 0 Å². The first-order valence-corrected chi connectivity index (χ1v) is 5.68. The van der Waals surface area contributed by atoms with Crippen molar-refractivity contribution in [1.82, 2.24) is 10.2 Å². The molecule has 3 nitrogen and oxygen atoms in total. The molecular weight excluding hydrogens is 325 g/mol. The van der Waals surface area contributed by atoms with E-state index < -0.39 is 0 Å². The van der Waals surface area contributed by atoms with Crippen LogP contribution in [0.1, 0.15) is 25.5 Å². The molecule has 0 spiro atoms. The quantitative estimate of drug-likeness (QED) is 0.517. The maximum Gasteiger partial charge on any atom is 0.193 e. The van der Waals surface area contributed by atoms with Crippen molar-refractivity contribution in [2.24, 2.45) is 4.99 Å². The van der Waals surface area contributed by atoms with Gasteiger partial charge in [0.15, 0.2) is 5.96 Å². The highest BCUT2D eigenvalue weighted by molar-refractivity contribution is 14.0. The molecule has 1 N–H and O–H groups in total. The molecule has 0 saturated carbocycles. The van der Waals surface area contributed by atoms with Crippen molar-refractivity contribution in [2.75, 3.05) is 20.6 Å². The average molecular weight is 347 g/mol. The molecule has 0 fully saturated rings. The predicted molar refractivity (Wildman–Crippen MR) is 85.1 cm³/mol. The third-order valence-electron chi connectivity index (χ3n) is 2.38. The van der Waals surface area contributed by atoms with Gasteiger partial charge in [0.2, 0.25) is 0 Å². The molecule has 0 aliphatic rings. The Morgan fingerprint density at radius 2 is 1.88 bits per heavy atom. The van der Waals surface area contributed by atoms with Gasteiger partial charge in [0.05, 0.1) is 6.04 Å². The lowest BCUT2D eigenvalue weighted by Crippen LogP contribution is -2.38. The van der Waals surface area contributed by atoms with Crippen LogP contribution in [0.3, 0.4) is 0 Å².